The average Bonchev–Trinajstić information content (AvgIpc) is 2.71. The standard InChI is InChI=1S/C8H7N5O2/c14-5-2-1-3-9-6(5)7(15)12-8-10-4-11-13-8/h1-4,14H,(H2,10,11,12,13,15). The first-order valence-electron chi connectivity index (χ1n) is 4.08. The molecule has 0 spiro atoms. The number of anilines is 1. The molecule has 0 unspecified atom stereocenters. The van der Waals surface area contributed by atoms with E-state index in [1.807, 2.05) is 0 Å². The van der Waals surface area contributed by atoms with E-state index in [4.69, 9.17) is 0 Å². The van der Waals surface area contributed by atoms with Crippen molar-refractivity contribution in [2.24, 2.45) is 0 Å². The number of amides is 1. The predicted molar refractivity (Wildman–Crippen MR) is 50.2 cm³/mol. The zero-order valence-electron chi connectivity index (χ0n) is 7.51. The summed E-state index contributed by atoms with van der Waals surface area (Å²) >= 11 is 0. The van der Waals surface area contributed by atoms with Crippen molar-refractivity contribution in [2.45, 2.75) is 0 Å². The second kappa shape index (κ2) is 3.74. The minimum absolute atomic E-state index is 0.0612. The summed E-state index contributed by atoms with van der Waals surface area (Å²) in [6.45, 7) is 0. The lowest BCUT2D eigenvalue weighted by molar-refractivity contribution is 0.101. The molecule has 76 valence electrons. The van der Waals surface area contributed by atoms with Gasteiger partial charge in [-0.2, -0.15) is 10.1 Å². The number of pyridine rings is 1. The number of carbonyl (C=O) groups is 1. The van der Waals surface area contributed by atoms with Gasteiger partial charge in [0.05, 0.1) is 0 Å². The van der Waals surface area contributed by atoms with Crippen LogP contribution in [0.15, 0.2) is 24.7 Å². The Hall–Kier alpha value is -2.44. The van der Waals surface area contributed by atoms with E-state index < -0.39 is 5.91 Å². The summed E-state index contributed by atoms with van der Waals surface area (Å²) in [4.78, 5) is 18.9. The van der Waals surface area contributed by atoms with E-state index in [9.17, 15) is 9.90 Å². The van der Waals surface area contributed by atoms with E-state index in [1.54, 1.807) is 0 Å². The Bertz CT molecular complexity index is 468. The van der Waals surface area contributed by atoms with E-state index in [2.05, 4.69) is 25.5 Å². The number of aromatic amines is 1. The zero-order valence-corrected chi connectivity index (χ0v) is 7.51. The smallest absolute Gasteiger partial charge is 0.280 e. The lowest BCUT2D eigenvalue weighted by atomic mass is 10.3. The molecule has 7 nitrogen and oxygen atoms in total. The molecule has 0 saturated heterocycles. The fraction of sp³-hybridized carbons (Fsp3) is 0. The van der Waals surface area contributed by atoms with Crippen LogP contribution in [0.5, 0.6) is 5.75 Å². The molecular formula is C8H7N5O2. The maximum absolute atomic E-state index is 11.5. The highest BCUT2D eigenvalue weighted by Gasteiger charge is 2.12. The Morgan fingerprint density at radius 3 is 3.00 bits per heavy atom. The molecule has 0 aliphatic heterocycles. The molecule has 3 N–H and O–H groups in total. The van der Waals surface area contributed by atoms with Crippen LogP contribution in [0, 0.1) is 0 Å². The Morgan fingerprint density at radius 2 is 2.33 bits per heavy atom. The van der Waals surface area contributed by atoms with Crippen LogP contribution in [0.1, 0.15) is 10.5 Å². The van der Waals surface area contributed by atoms with Crippen molar-refractivity contribution in [3.05, 3.63) is 30.4 Å². The number of hydrogen-bond donors (Lipinski definition) is 3. The highest BCUT2D eigenvalue weighted by atomic mass is 16.3. The van der Waals surface area contributed by atoms with E-state index in [0.29, 0.717) is 0 Å². The fourth-order valence-corrected chi connectivity index (χ4v) is 1.00. The van der Waals surface area contributed by atoms with Crippen LogP contribution in [0.2, 0.25) is 0 Å². The summed E-state index contributed by atoms with van der Waals surface area (Å²) in [6, 6.07) is 2.91. The molecule has 2 aromatic rings. The summed E-state index contributed by atoms with van der Waals surface area (Å²) in [7, 11) is 0. The molecule has 0 bridgehead atoms. The van der Waals surface area contributed by atoms with Crippen LogP contribution < -0.4 is 5.32 Å². The van der Waals surface area contributed by atoms with Crippen molar-refractivity contribution < 1.29 is 9.90 Å². The first-order chi connectivity index (χ1) is 7.27. The molecule has 0 saturated carbocycles. The van der Waals surface area contributed by atoms with Gasteiger partial charge in [0.15, 0.2) is 5.69 Å². The van der Waals surface area contributed by atoms with Crippen molar-refractivity contribution in [1.82, 2.24) is 20.2 Å². The van der Waals surface area contributed by atoms with Gasteiger partial charge < -0.3 is 5.11 Å². The molecule has 0 atom stereocenters. The molecule has 7 heteroatoms. The first-order valence-corrected chi connectivity index (χ1v) is 4.08. The summed E-state index contributed by atoms with van der Waals surface area (Å²) in [6.07, 6.45) is 2.67. The summed E-state index contributed by atoms with van der Waals surface area (Å²) in [5, 5.41) is 17.7. The molecule has 0 aliphatic rings. The molecule has 2 aromatic heterocycles. The molecule has 2 heterocycles. The molecule has 0 radical (unpaired) electrons. The minimum atomic E-state index is -0.551. The second-order valence-corrected chi connectivity index (χ2v) is 2.66. The fourth-order valence-electron chi connectivity index (χ4n) is 1.00. The number of H-pyrrole nitrogens is 1. The highest BCUT2D eigenvalue weighted by molar-refractivity contribution is 6.03. The maximum atomic E-state index is 11.5. The van der Waals surface area contributed by atoms with Gasteiger partial charge in [0.2, 0.25) is 5.95 Å². The number of rotatable bonds is 2. The van der Waals surface area contributed by atoms with Crippen molar-refractivity contribution in [1.29, 1.82) is 0 Å². The Labute approximate surface area is 84.2 Å². The number of carbonyl (C=O) groups excluding carboxylic acids is 1. The Morgan fingerprint density at radius 1 is 1.47 bits per heavy atom. The summed E-state index contributed by atoms with van der Waals surface area (Å²) in [5.74, 6) is -0.538. The van der Waals surface area contributed by atoms with Crippen LogP contribution in [-0.2, 0) is 0 Å². The molecule has 15 heavy (non-hydrogen) atoms. The lowest BCUT2D eigenvalue weighted by Crippen LogP contribution is -2.14. The van der Waals surface area contributed by atoms with Gasteiger partial charge in [0.25, 0.3) is 5.91 Å². The van der Waals surface area contributed by atoms with E-state index in [0.717, 1.165) is 0 Å². The van der Waals surface area contributed by atoms with Gasteiger partial charge in [0.1, 0.15) is 12.1 Å². The normalized spacial score (nSPS) is 9.87. The quantitative estimate of drug-likeness (QED) is 0.647. The summed E-state index contributed by atoms with van der Waals surface area (Å²) in [5.41, 5.74) is -0.0612. The van der Waals surface area contributed by atoms with Gasteiger partial charge in [-0.05, 0) is 12.1 Å². The first kappa shape index (κ1) is 9.13. The molecular weight excluding hydrogens is 198 g/mol. The SMILES string of the molecule is O=C(Nc1ncn[nH]1)c1ncccc1O. The molecule has 0 fully saturated rings. The van der Waals surface area contributed by atoms with Crippen LogP contribution in [0.3, 0.4) is 0 Å². The second-order valence-electron chi connectivity index (χ2n) is 2.66. The van der Waals surface area contributed by atoms with Crippen LogP contribution in [0.4, 0.5) is 5.95 Å². The number of nitrogens with one attached hydrogen (secondary N) is 2. The Balaban J connectivity index is 2.19. The van der Waals surface area contributed by atoms with Crippen molar-refractivity contribution in [3.63, 3.8) is 0 Å². The topological polar surface area (TPSA) is 104 Å². The van der Waals surface area contributed by atoms with Gasteiger partial charge in [-0.3, -0.25) is 10.1 Å². The maximum Gasteiger partial charge on any atom is 0.280 e. The highest BCUT2D eigenvalue weighted by Crippen LogP contribution is 2.13. The monoisotopic (exact) mass is 205 g/mol. The van der Waals surface area contributed by atoms with Gasteiger partial charge in [-0.25, -0.2) is 10.1 Å². The van der Waals surface area contributed by atoms with Crippen molar-refractivity contribution in [2.75, 3.05) is 5.32 Å². The lowest BCUT2D eigenvalue weighted by Gasteiger charge is -2.01. The number of aromatic nitrogens is 4. The molecule has 0 aliphatic carbocycles. The number of nitrogens with zero attached hydrogens (tertiary/aromatic N) is 3. The van der Waals surface area contributed by atoms with E-state index in [1.165, 1.54) is 24.7 Å². The van der Waals surface area contributed by atoms with E-state index >= 15 is 0 Å². The third kappa shape index (κ3) is 1.90. The third-order valence-electron chi connectivity index (χ3n) is 1.65. The molecule has 1 amide bonds. The molecule has 2 rings (SSSR count). The van der Waals surface area contributed by atoms with Crippen LogP contribution in [0.25, 0.3) is 0 Å². The van der Waals surface area contributed by atoms with Gasteiger partial charge in [-0.15, -0.1) is 0 Å². The van der Waals surface area contributed by atoms with Crippen molar-refractivity contribution in [3.8, 4) is 5.75 Å². The van der Waals surface area contributed by atoms with Gasteiger partial charge in [-0.1, -0.05) is 0 Å². The van der Waals surface area contributed by atoms with Gasteiger partial charge >= 0.3 is 0 Å². The van der Waals surface area contributed by atoms with Crippen LogP contribution in [-0.4, -0.2) is 31.2 Å². The third-order valence-corrected chi connectivity index (χ3v) is 1.65. The zero-order chi connectivity index (χ0) is 10.7. The van der Waals surface area contributed by atoms with Crippen molar-refractivity contribution >= 4 is 11.9 Å². The van der Waals surface area contributed by atoms with Gasteiger partial charge in [0, 0.05) is 6.20 Å². The molecule has 0 aromatic carbocycles. The average molecular weight is 205 g/mol. The predicted octanol–water partition coefficient (Wildman–Crippen LogP) is 0.158. The van der Waals surface area contributed by atoms with E-state index in [-0.39, 0.29) is 17.4 Å². The van der Waals surface area contributed by atoms with Crippen LogP contribution >= 0.6 is 0 Å². The largest absolute Gasteiger partial charge is 0.505 e. The minimum Gasteiger partial charge on any atom is -0.505 e. The summed E-state index contributed by atoms with van der Waals surface area (Å²) < 4.78 is 0. The number of aromatic hydroxyl groups is 1. The number of hydrogen-bond acceptors (Lipinski definition) is 5. The Kier molecular flexibility index (Phi) is 2.28.